The SMILES string of the molecule is COc1c(C)c(C)c(Cl)c(C)c1CN(C)C#N. The molecule has 0 radical (unpaired) electrons. The smallest absolute Gasteiger partial charge is 0.179 e. The van der Waals surface area contributed by atoms with Crippen LogP contribution in [0.2, 0.25) is 5.02 Å². The molecular weight excluding hydrogens is 236 g/mol. The molecule has 4 heteroatoms. The predicted octanol–water partition coefficient (Wildman–Crippen LogP) is 3.19. The van der Waals surface area contributed by atoms with Gasteiger partial charge >= 0.3 is 0 Å². The molecule has 0 aromatic heterocycles. The summed E-state index contributed by atoms with van der Waals surface area (Å²) in [6.07, 6.45) is 2.08. The second-order valence-corrected chi connectivity index (χ2v) is 4.53. The van der Waals surface area contributed by atoms with Gasteiger partial charge in [0, 0.05) is 17.6 Å². The van der Waals surface area contributed by atoms with Crippen LogP contribution in [-0.2, 0) is 6.54 Å². The van der Waals surface area contributed by atoms with Crippen molar-refractivity contribution in [2.24, 2.45) is 0 Å². The van der Waals surface area contributed by atoms with Gasteiger partial charge in [-0.15, -0.1) is 0 Å². The highest BCUT2D eigenvalue weighted by atomic mass is 35.5. The third-order valence-corrected chi connectivity index (χ3v) is 3.63. The Bertz CT molecular complexity index is 478. The van der Waals surface area contributed by atoms with Crippen LogP contribution in [0.3, 0.4) is 0 Å². The van der Waals surface area contributed by atoms with Gasteiger partial charge in [0.25, 0.3) is 0 Å². The average molecular weight is 253 g/mol. The standard InChI is InChI=1S/C13H17ClN2O/c1-8-9(2)13(17-5)11(6-16(4)7-15)10(3)12(8)14/h6H2,1-5H3. The minimum absolute atomic E-state index is 0.506. The first-order chi connectivity index (χ1) is 7.93. The molecule has 1 rings (SSSR count). The molecule has 0 atom stereocenters. The van der Waals surface area contributed by atoms with Crippen LogP contribution in [0.4, 0.5) is 0 Å². The van der Waals surface area contributed by atoms with Gasteiger partial charge in [0.1, 0.15) is 5.75 Å². The molecule has 0 N–H and O–H groups in total. The van der Waals surface area contributed by atoms with Gasteiger partial charge < -0.3 is 9.64 Å². The van der Waals surface area contributed by atoms with E-state index in [0.717, 1.165) is 33.0 Å². The highest BCUT2D eigenvalue weighted by Gasteiger charge is 2.17. The van der Waals surface area contributed by atoms with Crippen molar-refractivity contribution in [3.05, 3.63) is 27.3 Å². The van der Waals surface area contributed by atoms with E-state index in [2.05, 4.69) is 6.19 Å². The number of ether oxygens (including phenoxy) is 1. The summed E-state index contributed by atoms with van der Waals surface area (Å²) < 4.78 is 5.44. The van der Waals surface area contributed by atoms with Gasteiger partial charge in [-0.25, -0.2) is 0 Å². The Kier molecular flexibility index (Phi) is 4.25. The maximum Gasteiger partial charge on any atom is 0.179 e. The number of methoxy groups -OCH3 is 1. The molecule has 0 saturated heterocycles. The topological polar surface area (TPSA) is 36.3 Å². The lowest BCUT2D eigenvalue weighted by atomic mass is 9.98. The van der Waals surface area contributed by atoms with E-state index >= 15 is 0 Å². The van der Waals surface area contributed by atoms with E-state index in [1.165, 1.54) is 0 Å². The van der Waals surface area contributed by atoms with E-state index in [1.54, 1.807) is 19.1 Å². The molecule has 0 heterocycles. The van der Waals surface area contributed by atoms with E-state index in [4.69, 9.17) is 21.6 Å². The fourth-order valence-electron chi connectivity index (χ4n) is 1.88. The molecule has 0 spiro atoms. The Morgan fingerprint density at radius 1 is 1.24 bits per heavy atom. The molecule has 92 valence electrons. The average Bonchev–Trinajstić information content (AvgIpc) is 2.33. The van der Waals surface area contributed by atoms with E-state index in [0.29, 0.717) is 6.54 Å². The quantitative estimate of drug-likeness (QED) is 0.612. The molecule has 0 fully saturated rings. The molecule has 3 nitrogen and oxygen atoms in total. The first-order valence-corrected chi connectivity index (χ1v) is 5.74. The highest BCUT2D eigenvalue weighted by Crippen LogP contribution is 2.36. The second-order valence-electron chi connectivity index (χ2n) is 4.16. The summed E-state index contributed by atoms with van der Waals surface area (Å²) in [6.45, 7) is 6.42. The Hall–Kier alpha value is -1.40. The van der Waals surface area contributed by atoms with Gasteiger partial charge in [-0.1, -0.05) is 11.6 Å². The van der Waals surface area contributed by atoms with E-state index in [9.17, 15) is 0 Å². The third kappa shape index (κ3) is 2.48. The van der Waals surface area contributed by atoms with Crippen molar-refractivity contribution in [1.29, 1.82) is 5.26 Å². The van der Waals surface area contributed by atoms with Gasteiger partial charge in [-0.2, -0.15) is 5.26 Å². The van der Waals surface area contributed by atoms with Crippen molar-refractivity contribution >= 4 is 11.6 Å². The van der Waals surface area contributed by atoms with Crippen molar-refractivity contribution in [3.8, 4) is 11.9 Å². The summed E-state index contributed by atoms with van der Waals surface area (Å²) >= 11 is 6.29. The van der Waals surface area contributed by atoms with Crippen molar-refractivity contribution in [1.82, 2.24) is 4.90 Å². The lowest BCUT2D eigenvalue weighted by Gasteiger charge is -2.20. The number of nitriles is 1. The van der Waals surface area contributed by atoms with Crippen LogP contribution in [0.5, 0.6) is 5.75 Å². The summed E-state index contributed by atoms with van der Waals surface area (Å²) in [5.41, 5.74) is 4.02. The summed E-state index contributed by atoms with van der Waals surface area (Å²) in [5.74, 6) is 0.825. The molecule has 0 unspecified atom stereocenters. The molecule has 1 aromatic rings. The van der Waals surface area contributed by atoms with E-state index < -0.39 is 0 Å². The fraction of sp³-hybridized carbons (Fsp3) is 0.462. The van der Waals surface area contributed by atoms with Crippen LogP contribution >= 0.6 is 11.6 Å². The van der Waals surface area contributed by atoms with Crippen molar-refractivity contribution in [2.45, 2.75) is 27.3 Å². The summed E-state index contributed by atoms with van der Waals surface area (Å²) in [7, 11) is 3.38. The van der Waals surface area contributed by atoms with Crippen molar-refractivity contribution in [2.75, 3.05) is 14.2 Å². The fourth-order valence-corrected chi connectivity index (χ4v) is 2.14. The zero-order valence-electron chi connectivity index (χ0n) is 10.9. The Morgan fingerprint density at radius 3 is 2.29 bits per heavy atom. The van der Waals surface area contributed by atoms with Gasteiger partial charge in [-0.05, 0) is 37.5 Å². The van der Waals surface area contributed by atoms with Crippen LogP contribution in [0.1, 0.15) is 22.3 Å². The molecule has 0 aliphatic rings. The van der Waals surface area contributed by atoms with Crippen molar-refractivity contribution in [3.63, 3.8) is 0 Å². The molecule has 1 aromatic carbocycles. The van der Waals surface area contributed by atoms with Gasteiger partial charge in [0.2, 0.25) is 0 Å². The van der Waals surface area contributed by atoms with Gasteiger partial charge in [-0.3, -0.25) is 0 Å². The number of nitrogens with zero attached hydrogens (tertiary/aromatic N) is 2. The Morgan fingerprint density at radius 2 is 1.82 bits per heavy atom. The first-order valence-electron chi connectivity index (χ1n) is 5.37. The largest absolute Gasteiger partial charge is 0.496 e. The lowest BCUT2D eigenvalue weighted by molar-refractivity contribution is 0.390. The first kappa shape index (κ1) is 13.7. The van der Waals surface area contributed by atoms with Crippen LogP contribution in [0, 0.1) is 32.2 Å². The molecule has 0 aliphatic carbocycles. The predicted molar refractivity (Wildman–Crippen MR) is 69.3 cm³/mol. The van der Waals surface area contributed by atoms with Gasteiger partial charge in [0.15, 0.2) is 6.19 Å². The molecule has 0 amide bonds. The number of hydrogen-bond donors (Lipinski definition) is 0. The molecule has 0 saturated carbocycles. The van der Waals surface area contributed by atoms with Crippen LogP contribution in [-0.4, -0.2) is 19.1 Å². The zero-order chi connectivity index (χ0) is 13.2. The van der Waals surface area contributed by atoms with Crippen LogP contribution in [0.15, 0.2) is 0 Å². The maximum atomic E-state index is 8.85. The highest BCUT2D eigenvalue weighted by molar-refractivity contribution is 6.32. The monoisotopic (exact) mass is 252 g/mol. The molecule has 0 bridgehead atoms. The van der Waals surface area contributed by atoms with Crippen molar-refractivity contribution < 1.29 is 4.74 Å². The number of rotatable bonds is 3. The summed E-state index contributed by atoms with van der Waals surface area (Å²) in [6, 6.07) is 0. The molecular formula is C13H17ClN2O. The summed E-state index contributed by atoms with van der Waals surface area (Å²) in [5, 5.41) is 9.60. The van der Waals surface area contributed by atoms with E-state index in [1.807, 2.05) is 20.8 Å². The maximum absolute atomic E-state index is 8.85. The molecule has 0 aliphatic heterocycles. The molecule has 17 heavy (non-hydrogen) atoms. The minimum atomic E-state index is 0.506. The third-order valence-electron chi connectivity index (χ3n) is 3.06. The number of halogens is 1. The minimum Gasteiger partial charge on any atom is -0.496 e. The second kappa shape index (κ2) is 5.29. The summed E-state index contributed by atoms with van der Waals surface area (Å²) in [4.78, 5) is 1.55. The Balaban J connectivity index is 3.42. The van der Waals surface area contributed by atoms with Gasteiger partial charge in [0.05, 0.1) is 13.7 Å². The number of hydrogen-bond acceptors (Lipinski definition) is 3. The lowest BCUT2D eigenvalue weighted by Crippen LogP contribution is -2.13. The normalized spacial score (nSPS) is 9.94. The Labute approximate surface area is 108 Å². The van der Waals surface area contributed by atoms with Crippen LogP contribution in [0.25, 0.3) is 0 Å². The zero-order valence-corrected chi connectivity index (χ0v) is 11.6. The van der Waals surface area contributed by atoms with E-state index in [-0.39, 0.29) is 0 Å². The van der Waals surface area contributed by atoms with Crippen LogP contribution < -0.4 is 4.74 Å². The number of benzene rings is 1.